The van der Waals surface area contributed by atoms with Crippen LogP contribution in [0, 0.1) is 23.7 Å². The van der Waals surface area contributed by atoms with Crippen molar-refractivity contribution in [2.45, 2.75) is 209 Å². The van der Waals surface area contributed by atoms with E-state index in [4.69, 9.17) is 14.2 Å². The van der Waals surface area contributed by atoms with Crippen LogP contribution in [0.4, 0.5) is 13.2 Å². The Kier molecular flexibility index (Phi) is 44.4. The molecule has 1 heterocycles. The Morgan fingerprint density at radius 3 is 1.40 bits per heavy atom. The first-order valence-corrected chi connectivity index (χ1v) is 27.9. The van der Waals surface area contributed by atoms with Gasteiger partial charge in [0.1, 0.15) is 11.5 Å². The van der Waals surface area contributed by atoms with Gasteiger partial charge in [0.25, 0.3) is 0 Å². The maximum Gasteiger partial charge on any atom is 0.422 e. The van der Waals surface area contributed by atoms with E-state index in [1.807, 2.05) is 43.3 Å². The Hall–Kier alpha value is -6.83. The van der Waals surface area contributed by atoms with E-state index in [9.17, 15) is 41.9 Å². The number of carbonyl (C=O) groups is 6. The molecule has 86 heavy (non-hydrogen) atoms. The van der Waals surface area contributed by atoms with E-state index in [0.717, 1.165) is 42.4 Å². The van der Waals surface area contributed by atoms with Crippen molar-refractivity contribution in [2.24, 2.45) is 23.7 Å². The number of carbonyl (C=O) groups excluding carboxylic acids is 6. The van der Waals surface area contributed by atoms with Crippen molar-refractivity contribution in [3.05, 3.63) is 143 Å². The average molecular weight is 1210 g/mol. The lowest BCUT2D eigenvalue weighted by Gasteiger charge is -2.29. The van der Waals surface area contributed by atoms with Crippen molar-refractivity contribution in [1.29, 1.82) is 0 Å². The summed E-state index contributed by atoms with van der Waals surface area (Å²) in [5, 5.41) is 0. The Balaban J connectivity index is -0.00000420. The standard InChI is InChI=1S/C64H78F3NO10.8CH4/c1-6-10-13-15-17-46-19-23-48(24-20-46)29-37-57(69)77-54-33-27-50(28-34-54)39-40-68-60(71)45(5)59(61(68)72)56(43-53(63(74)75-41-12-8-3)42-51(9-4)62(73)76-44-64(65,66)67)52-31-35-55(36-32-52)78-58(70)38-30-49-25-21-47(22-26-49)18-16-14-11-7-2;;;;;;;;/h19-38,45,51,53,56,59H,6-18,39-44H2,1-5H3;8*1H4/b37-29+,38-30+;;;;;;;;. The van der Waals surface area contributed by atoms with Crippen molar-refractivity contribution in [1.82, 2.24) is 4.90 Å². The van der Waals surface area contributed by atoms with Crippen LogP contribution in [0.25, 0.3) is 12.2 Å². The number of unbranched alkanes of at least 4 members (excludes halogenated alkanes) is 7. The van der Waals surface area contributed by atoms with E-state index in [1.165, 1.54) is 66.7 Å². The summed E-state index contributed by atoms with van der Waals surface area (Å²) in [6, 6.07) is 29.2. The maximum absolute atomic E-state index is 14.7. The Bertz CT molecular complexity index is 2590. The topological polar surface area (TPSA) is 143 Å². The van der Waals surface area contributed by atoms with E-state index in [2.05, 4.69) is 30.7 Å². The predicted octanol–water partition coefficient (Wildman–Crippen LogP) is 19.1. The predicted molar refractivity (Wildman–Crippen MR) is 350 cm³/mol. The summed E-state index contributed by atoms with van der Waals surface area (Å²) >= 11 is 0. The van der Waals surface area contributed by atoms with Gasteiger partial charge in [-0.15, -0.1) is 0 Å². The van der Waals surface area contributed by atoms with Gasteiger partial charge >= 0.3 is 30.1 Å². The number of hydrogen-bond acceptors (Lipinski definition) is 10. The molecule has 484 valence electrons. The first kappa shape index (κ1) is 85.6. The smallest absolute Gasteiger partial charge is 0.422 e. The molecule has 5 rings (SSSR count). The molecular weight excluding hydrogens is 1100 g/mol. The van der Waals surface area contributed by atoms with Gasteiger partial charge in [-0.25, -0.2) is 9.59 Å². The zero-order valence-electron chi connectivity index (χ0n) is 46.0. The second-order valence-electron chi connectivity index (χ2n) is 20.3. The van der Waals surface area contributed by atoms with Gasteiger partial charge in [-0.3, -0.25) is 24.1 Å². The highest BCUT2D eigenvalue weighted by Gasteiger charge is 2.50. The molecule has 0 aromatic heterocycles. The van der Waals surface area contributed by atoms with Crippen LogP contribution in [0.2, 0.25) is 0 Å². The van der Waals surface area contributed by atoms with Gasteiger partial charge in [0.05, 0.1) is 24.4 Å². The second kappa shape index (κ2) is 44.6. The molecule has 5 atom stereocenters. The third-order valence-corrected chi connectivity index (χ3v) is 14.3. The quantitative estimate of drug-likeness (QED) is 0.0152. The molecule has 4 aromatic rings. The Labute approximate surface area is 517 Å². The molecule has 4 aromatic carbocycles. The van der Waals surface area contributed by atoms with Crippen LogP contribution in [0.15, 0.2) is 109 Å². The normalized spacial score (nSPS) is 14.4. The van der Waals surface area contributed by atoms with Crippen molar-refractivity contribution < 1.29 is 60.9 Å². The minimum atomic E-state index is -4.76. The minimum absolute atomic E-state index is 0. The molecule has 0 saturated carbocycles. The lowest BCUT2D eigenvalue weighted by Crippen LogP contribution is -2.35. The van der Waals surface area contributed by atoms with Gasteiger partial charge in [0.2, 0.25) is 11.8 Å². The molecule has 1 aliphatic rings. The van der Waals surface area contributed by atoms with Crippen molar-refractivity contribution in [2.75, 3.05) is 19.8 Å². The van der Waals surface area contributed by atoms with Crippen LogP contribution < -0.4 is 9.47 Å². The first-order valence-electron chi connectivity index (χ1n) is 27.9. The highest BCUT2D eigenvalue weighted by Crippen LogP contribution is 2.43. The van der Waals surface area contributed by atoms with E-state index in [0.29, 0.717) is 24.2 Å². The number of alkyl halides is 3. The first-order chi connectivity index (χ1) is 37.5. The largest absolute Gasteiger partial charge is 0.465 e. The fourth-order valence-electron chi connectivity index (χ4n) is 9.69. The summed E-state index contributed by atoms with van der Waals surface area (Å²) in [6.45, 7) is 7.81. The zero-order chi connectivity index (χ0) is 56.5. The second-order valence-corrected chi connectivity index (χ2v) is 20.3. The van der Waals surface area contributed by atoms with E-state index >= 15 is 0 Å². The van der Waals surface area contributed by atoms with Crippen LogP contribution in [0.1, 0.15) is 217 Å². The summed E-state index contributed by atoms with van der Waals surface area (Å²) in [5.41, 5.74) is 5.46. The SMILES string of the molecule is C.C.C.C.C.C.C.C.CCCCCCc1ccc(/C=C/C(=O)Oc2ccc(CCN3C(=O)C(C)C(C(CC(CC(CC)C(=O)OCC(F)(F)F)C(=O)OCCCC)c4ccc(OC(=O)/C=C/c5ccc(CCCCCC)cc5)cc4)C3=O)cc2)cc1. The number of halogens is 3. The van der Waals surface area contributed by atoms with Crippen LogP contribution in [-0.2, 0) is 57.5 Å². The molecule has 0 N–H and O–H groups in total. The molecule has 0 bridgehead atoms. The molecule has 1 saturated heterocycles. The number of ether oxygens (including phenoxy) is 4. The summed E-state index contributed by atoms with van der Waals surface area (Å²) in [5.74, 6) is -8.37. The van der Waals surface area contributed by atoms with Gasteiger partial charge in [-0.2, -0.15) is 13.2 Å². The van der Waals surface area contributed by atoms with Crippen LogP contribution in [0.3, 0.4) is 0 Å². The summed E-state index contributed by atoms with van der Waals surface area (Å²) in [7, 11) is 0. The Morgan fingerprint density at radius 1 is 0.523 bits per heavy atom. The number of aryl methyl sites for hydroxylation is 2. The number of likely N-dealkylation sites (tertiary alicyclic amines) is 1. The van der Waals surface area contributed by atoms with E-state index in [1.54, 1.807) is 74.5 Å². The molecule has 11 nitrogen and oxygen atoms in total. The molecular formula is C72H110F3NO10. The molecule has 1 aliphatic heterocycles. The third-order valence-electron chi connectivity index (χ3n) is 14.3. The van der Waals surface area contributed by atoms with Gasteiger partial charge in [-0.1, -0.05) is 212 Å². The van der Waals surface area contributed by atoms with E-state index < -0.39 is 78.1 Å². The Morgan fingerprint density at radius 2 is 0.953 bits per heavy atom. The fraction of sp³-hybridized carbons (Fsp3) is 0.528. The monoisotopic (exact) mass is 1210 g/mol. The van der Waals surface area contributed by atoms with Gasteiger partial charge in [-0.05, 0) is 134 Å². The zero-order valence-corrected chi connectivity index (χ0v) is 46.0. The number of imide groups is 1. The number of rotatable bonds is 32. The van der Waals surface area contributed by atoms with Crippen molar-refractivity contribution in [3.63, 3.8) is 0 Å². The summed E-state index contributed by atoms with van der Waals surface area (Å²) in [4.78, 5) is 82.8. The lowest BCUT2D eigenvalue weighted by atomic mass is 9.73. The molecule has 0 aliphatic carbocycles. The fourth-order valence-corrected chi connectivity index (χ4v) is 9.69. The summed E-state index contributed by atoms with van der Waals surface area (Å²) < 4.78 is 60.9. The minimum Gasteiger partial charge on any atom is -0.465 e. The number of esters is 4. The number of nitrogens with zero attached hydrogens (tertiary/aromatic N) is 1. The number of amides is 2. The van der Waals surface area contributed by atoms with Crippen LogP contribution in [0.5, 0.6) is 11.5 Å². The van der Waals surface area contributed by atoms with Crippen LogP contribution >= 0.6 is 0 Å². The van der Waals surface area contributed by atoms with Gasteiger partial charge in [0, 0.05) is 24.6 Å². The summed E-state index contributed by atoms with van der Waals surface area (Å²) in [6.07, 6.45) is 13.9. The molecule has 2 amide bonds. The van der Waals surface area contributed by atoms with Crippen molar-refractivity contribution in [3.8, 4) is 11.5 Å². The number of hydrogen-bond donors (Lipinski definition) is 0. The van der Waals surface area contributed by atoms with Gasteiger partial charge in [0.15, 0.2) is 6.61 Å². The number of benzene rings is 4. The molecule has 5 unspecified atom stereocenters. The highest BCUT2D eigenvalue weighted by molar-refractivity contribution is 6.05. The molecule has 1 fully saturated rings. The van der Waals surface area contributed by atoms with Gasteiger partial charge < -0.3 is 18.9 Å². The maximum atomic E-state index is 14.7. The van der Waals surface area contributed by atoms with Crippen molar-refractivity contribution >= 4 is 47.8 Å². The molecule has 0 spiro atoms. The average Bonchev–Trinajstić information content (AvgIpc) is 3.62. The molecule has 0 radical (unpaired) electrons. The highest BCUT2D eigenvalue weighted by atomic mass is 19.4. The lowest BCUT2D eigenvalue weighted by molar-refractivity contribution is -0.189. The third kappa shape index (κ3) is 28.6. The van der Waals surface area contributed by atoms with Crippen LogP contribution in [-0.4, -0.2) is 66.5 Å². The molecule has 14 heteroatoms. The van der Waals surface area contributed by atoms with E-state index in [-0.39, 0.29) is 104 Å².